The summed E-state index contributed by atoms with van der Waals surface area (Å²) in [6, 6.07) is 3.84. The van der Waals surface area contributed by atoms with E-state index in [9.17, 15) is 0 Å². The van der Waals surface area contributed by atoms with Crippen LogP contribution in [0.2, 0.25) is 0 Å². The molecule has 1 rings (SSSR count). The maximum Gasteiger partial charge on any atom is 0.101 e. The molecule has 0 bridgehead atoms. The van der Waals surface area contributed by atoms with Gasteiger partial charge in [-0.15, -0.1) is 0 Å². The van der Waals surface area contributed by atoms with Crippen LogP contribution in [0, 0.1) is 11.3 Å². The van der Waals surface area contributed by atoms with Gasteiger partial charge in [0.2, 0.25) is 0 Å². The zero-order valence-corrected chi connectivity index (χ0v) is 8.74. The van der Waals surface area contributed by atoms with Gasteiger partial charge in [-0.1, -0.05) is 0 Å². The summed E-state index contributed by atoms with van der Waals surface area (Å²) in [5, 5.41) is 8.66. The fourth-order valence-corrected chi connectivity index (χ4v) is 0.927. The standard InChI is InChI=1S/C11H14N2O/c1-11(2,3)14-8-10-4-9(5-12)6-13-7-10/h4,6-7H,8H2,1-3H3. The minimum absolute atomic E-state index is 0.164. The molecule has 0 atom stereocenters. The van der Waals surface area contributed by atoms with Crippen molar-refractivity contribution < 1.29 is 4.74 Å². The highest BCUT2D eigenvalue weighted by atomic mass is 16.5. The first-order valence-electron chi connectivity index (χ1n) is 4.49. The van der Waals surface area contributed by atoms with Crippen LogP contribution in [0.25, 0.3) is 0 Å². The third-order valence-corrected chi connectivity index (χ3v) is 1.60. The van der Waals surface area contributed by atoms with Gasteiger partial charge in [0.25, 0.3) is 0 Å². The average Bonchev–Trinajstić information content (AvgIpc) is 2.14. The molecule has 0 aliphatic heterocycles. The lowest BCUT2D eigenvalue weighted by Crippen LogP contribution is -2.18. The maximum atomic E-state index is 8.66. The SMILES string of the molecule is CC(C)(C)OCc1cncc(C#N)c1. The zero-order chi connectivity index (χ0) is 10.6. The molecule has 0 aliphatic rings. The van der Waals surface area contributed by atoms with Gasteiger partial charge in [-0.05, 0) is 32.4 Å². The summed E-state index contributed by atoms with van der Waals surface area (Å²) in [6.07, 6.45) is 3.26. The highest BCUT2D eigenvalue weighted by Gasteiger charge is 2.10. The molecule has 1 heterocycles. The summed E-state index contributed by atoms with van der Waals surface area (Å²) >= 11 is 0. The monoisotopic (exact) mass is 190 g/mol. The summed E-state index contributed by atoms with van der Waals surface area (Å²) in [5.74, 6) is 0. The lowest BCUT2D eigenvalue weighted by molar-refractivity contribution is -0.0150. The van der Waals surface area contributed by atoms with Gasteiger partial charge in [0.1, 0.15) is 6.07 Å². The van der Waals surface area contributed by atoms with Crippen LogP contribution >= 0.6 is 0 Å². The zero-order valence-electron chi connectivity index (χ0n) is 8.74. The predicted octanol–water partition coefficient (Wildman–Crippen LogP) is 2.27. The first-order chi connectivity index (χ1) is 6.51. The van der Waals surface area contributed by atoms with E-state index in [1.165, 1.54) is 0 Å². The number of pyridine rings is 1. The smallest absolute Gasteiger partial charge is 0.101 e. The number of ether oxygens (including phenoxy) is 1. The number of rotatable bonds is 2. The van der Waals surface area contributed by atoms with E-state index in [2.05, 4.69) is 4.98 Å². The molecule has 0 saturated heterocycles. The van der Waals surface area contributed by atoms with Crippen LogP contribution in [0.15, 0.2) is 18.5 Å². The minimum Gasteiger partial charge on any atom is -0.371 e. The van der Waals surface area contributed by atoms with E-state index >= 15 is 0 Å². The molecule has 3 nitrogen and oxygen atoms in total. The Balaban J connectivity index is 2.65. The summed E-state index contributed by atoms with van der Waals surface area (Å²) in [4.78, 5) is 3.95. The van der Waals surface area contributed by atoms with Crippen LogP contribution < -0.4 is 0 Å². The van der Waals surface area contributed by atoms with Crippen molar-refractivity contribution in [3.05, 3.63) is 29.6 Å². The summed E-state index contributed by atoms with van der Waals surface area (Å²) < 4.78 is 5.57. The third kappa shape index (κ3) is 3.55. The predicted molar refractivity (Wildman–Crippen MR) is 53.5 cm³/mol. The molecule has 3 heteroatoms. The first-order valence-corrected chi connectivity index (χ1v) is 4.49. The van der Waals surface area contributed by atoms with Crippen LogP contribution in [0.4, 0.5) is 0 Å². The van der Waals surface area contributed by atoms with Gasteiger partial charge in [0, 0.05) is 12.4 Å². The van der Waals surface area contributed by atoms with E-state index in [-0.39, 0.29) is 5.60 Å². The Bertz CT molecular complexity index is 347. The van der Waals surface area contributed by atoms with Gasteiger partial charge in [-0.3, -0.25) is 4.98 Å². The minimum atomic E-state index is -0.164. The first kappa shape index (κ1) is 10.7. The number of hydrogen-bond donors (Lipinski definition) is 0. The third-order valence-electron chi connectivity index (χ3n) is 1.60. The number of hydrogen-bond acceptors (Lipinski definition) is 3. The molecule has 0 aromatic carbocycles. The topological polar surface area (TPSA) is 45.9 Å². The van der Waals surface area contributed by atoms with Crippen molar-refractivity contribution in [2.45, 2.75) is 33.0 Å². The molecular weight excluding hydrogens is 176 g/mol. The second-order valence-corrected chi connectivity index (χ2v) is 4.09. The molecule has 0 aliphatic carbocycles. The van der Waals surface area contributed by atoms with Gasteiger partial charge in [-0.25, -0.2) is 0 Å². The Morgan fingerprint density at radius 1 is 1.43 bits per heavy atom. The van der Waals surface area contributed by atoms with Crippen LogP contribution in [-0.2, 0) is 11.3 Å². The molecule has 0 saturated carbocycles. The number of aromatic nitrogens is 1. The Labute approximate surface area is 84.3 Å². The van der Waals surface area contributed by atoms with Crippen molar-refractivity contribution in [2.24, 2.45) is 0 Å². The van der Waals surface area contributed by atoms with E-state index < -0.39 is 0 Å². The molecule has 1 aromatic rings. The van der Waals surface area contributed by atoms with Crippen molar-refractivity contribution >= 4 is 0 Å². The van der Waals surface area contributed by atoms with Crippen LogP contribution in [-0.4, -0.2) is 10.6 Å². The van der Waals surface area contributed by atoms with Crippen molar-refractivity contribution in [2.75, 3.05) is 0 Å². The lowest BCUT2D eigenvalue weighted by atomic mass is 10.2. The molecule has 0 unspecified atom stereocenters. The fourth-order valence-electron chi connectivity index (χ4n) is 0.927. The summed E-state index contributed by atoms with van der Waals surface area (Å²) in [6.45, 7) is 6.48. The van der Waals surface area contributed by atoms with Gasteiger partial charge in [0.15, 0.2) is 0 Å². The fraction of sp³-hybridized carbons (Fsp3) is 0.455. The molecule has 1 aromatic heterocycles. The lowest BCUT2D eigenvalue weighted by Gasteiger charge is -2.19. The van der Waals surface area contributed by atoms with Crippen LogP contribution in [0.1, 0.15) is 31.9 Å². The summed E-state index contributed by atoms with van der Waals surface area (Å²) in [5.41, 5.74) is 1.34. The Hall–Kier alpha value is -1.40. The second kappa shape index (κ2) is 4.21. The largest absolute Gasteiger partial charge is 0.371 e. The number of nitrogens with zero attached hydrogens (tertiary/aromatic N) is 2. The highest BCUT2D eigenvalue weighted by molar-refractivity contribution is 5.28. The molecule has 0 radical (unpaired) electrons. The van der Waals surface area contributed by atoms with Crippen molar-refractivity contribution in [3.8, 4) is 6.07 Å². The molecule has 0 N–H and O–H groups in total. The van der Waals surface area contributed by atoms with Gasteiger partial charge < -0.3 is 4.74 Å². The molecule has 74 valence electrons. The molecule has 0 fully saturated rings. The average molecular weight is 190 g/mol. The van der Waals surface area contributed by atoms with Gasteiger partial charge in [-0.2, -0.15) is 5.26 Å². The molecular formula is C11H14N2O. The van der Waals surface area contributed by atoms with Crippen molar-refractivity contribution in [1.29, 1.82) is 5.26 Å². The second-order valence-electron chi connectivity index (χ2n) is 4.09. The Kier molecular flexibility index (Phi) is 3.21. The van der Waals surface area contributed by atoms with Crippen LogP contribution in [0.5, 0.6) is 0 Å². The van der Waals surface area contributed by atoms with E-state index in [0.29, 0.717) is 12.2 Å². The summed E-state index contributed by atoms with van der Waals surface area (Å²) in [7, 11) is 0. The van der Waals surface area contributed by atoms with Gasteiger partial charge >= 0.3 is 0 Å². The van der Waals surface area contributed by atoms with E-state index in [0.717, 1.165) is 5.56 Å². The molecule has 14 heavy (non-hydrogen) atoms. The van der Waals surface area contributed by atoms with Gasteiger partial charge in [0.05, 0.1) is 17.8 Å². The van der Waals surface area contributed by atoms with E-state index in [4.69, 9.17) is 10.00 Å². The molecule has 0 spiro atoms. The molecule has 0 amide bonds. The number of nitriles is 1. The van der Waals surface area contributed by atoms with Crippen LogP contribution in [0.3, 0.4) is 0 Å². The maximum absolute atomic E-state index is 8.66. The Morgan fingerprint density at radius 2 is 2.14 bits per heavy atom. The Morgan fingerprint density at radius 3 is 2.71 bits per heavy atom. The van der Waals surface area contributed by atoms with E-state index in [1.54, 1.807) is 18.5 Å². The van der Waals surface area contributed by atoms with Crippen molar-refractivity contribution in [1.82, 2.24) is 4.98 Å². The van der Waals surface area contributed by atoms with E-state index in [1.807, 2.05) is 26.8 Å². The quantitative estimate of drug-likeness (QED) is 0.718. The van der Waals surface area contributed by atoms with Crippen molar-refractivity contribution in [3.63, 3.8) is 0 Å². The normalized spacial score (nSPS) is 11.0. The highest BCUT2D eigenvalue weighted by Crippen LogP contribution is 2.11.